The van der Waals surface area contributed by atoms with E-state index in [2.05, 4.69) is 20.6 Å². The van der Waals surface area contributed by atoms with Crippen molar-refractivity contribution in [3.63, 3.8) is 0 Å². The molecule has 0 spiro atoms. The zero-order valence-electron chi connectivity index (χ0n) is 23.1. The predicted octanol–water partition coefficient (Wildman–Crippen LogP) is 1.21. The molecule has 14 heteroatoms. The summed E-state index contributed by atoms with van der Waals surface area (Å²) in [4.78, 5) is 43.1. The molecule has 2 saturated heterocycles. The minimum Gasteiger partial charge on any atom is -0.338 e. The number of Topliss-reactive ketones (excluding diaryl/α,β-unsaturated/α-hetero) is 1. The summed E-state index contributed by atoms with van der Waals surface area (Å²) >= 11 is 5.88. The number of piperidine rings is 2. The van der Waals surface area contributed by atoms with Gasteiger partial charge in [-0.1, -0.05) is 11.6 Å². The first-order valence-corrected chi connectivity index (χ1v) is 14.2. The van der Waals surface area contributed by atoms with Gasteiger partial charge in [-0.05, 0) is 61.4 Å². The Balaban J connectivity index is 1.30. The van der Waals surface area contributed by atoms with Gasteiger partial charge in [0.25, 0.3) is 0 Å². The first-order chi connectivity index (χ1) is 20.1. The Morgan fingerprint density at radius 2 is 1.21 bits per heavy atom. The molecule has 2 aliphatic heterocycles. The van der Waals surface area contributed by atoms with E-state index in [0.29, 0.717) is 66.0 Å². The first-order valence-electron chi connectivity index (χ1n) is 13.9. The molecule has 42 heavy (non-hydrogen) atoms. The van der Waals surface area contributed by atoms with Gasteiger partial charge in [0, 0.05) is 72.3 Å². The van der Waals surface area contributed by atoms with Gasteiger partial charge >= 0.3 is 0 Å². The van der Waals surface area contributed by atoms with Gasteiger partial charge in [-0.25, -0.2) is 0 Å². The highest BCUT2D eigenvalue weighted by Crippen LogP contribution is 2.24. The number of carbonyl (C=O) groups excluding carboxylic acids is 2. The maximum absolute atomic E-state index is 12.7. The highest BCUT2D eigenvalue weighted by atomic mass is 35.5. The molecule has 0 bridgehead atoms. The van der Waals surface area contributed by atoms with Crippen LogP contribution in [0.4, 0.5) is 29.2 Å². The minimum atomic E-state index is -0.413. The molecule has 2 aromatic carbocycles. The van der Waals surface area contributed by atoms with Crippen LogP contribution < -0.4 is 43.4 Å². The Kier molecular flexibility index (Phi) is 9.14. The fraction of sp³-hybridized carbons (Fsp3) is 0.393. The van der Waals surface area contributed by atoms with Crippen molar-refractivity contribution in [1.82, 2.24) is 15.0 Å². The van der Waals surface area contributed by atoms with E-state index in [0.717, 1.165) is 12.8 Å². The first kappa shape index (κ1) is 29.6. The number of nitrogens with one attached hydrogen (secondary N) is 2. The molecule has 2 aliphatic rings. The quantitative estimate of drug-likeness (QED) is 0.161. The van der Waals surface area contributed by atoms with E-state index in [1.54, 1.807) is 48.5 Å². The Morgan fingerprint density at radius 1 is 0.738 bits per heavy atom. The highest BCUT2D eigenvalue weighted by molar-refractivity contribution is 6.30. The molecule has 0 saturated carbocycles. The fourth-order valence-electron chi connectivity index (χ4n) is 5.23. The molecule has 5 rings (SSSR count). The number of hydrogen-bond donors (Lipinski definition) is 6. The monoisotopic (exact) mass is 593 g/mol. The second-order valence-corrected chi connectivity index (χ2v) is 11.4. The van der Waals surface area contributed by atoms with Gasteiger partial charge in [-0.3, -0.25) is 9.59 Å². The van der Waals surface area contributed by atoms with Gasteiger partial charge in [-0.2, -0.15) is 15.0 Å². The maximum atomic E-state index is 12.7. The number of carbonyl (C=O) groups is 2. The van der Waals surface area contributed by atoms with E-state index in [9.17, 15) is 9.59 Å². The van der Waals surface area contributed by atoms with Gasteiger partial charge in [0.1, 0.15) is 0 Å². The van der Waals surface area contributed by atoms with Gasteiger partial charge in [-0.15, -0.1) is 0 Å². The topological polar surface area (TPSA) is 207 Å². The standard InChI is InChI=1S/C28H36ClN11O2/c29-17-3-7-22(8-4-17)34-25(42)11-24(41)16-1-5-23(6-2-16)35-26-36-27(39-12-18(30)9-19(31)13-39)38-28(37-26)40-14-20(32)10-21(33)15-40/h1-8,18-21H,9-15,30-33H2,(H,34,42)(H,35,36,37,38)/t18-,19+,20-,21+. The van der Waals surface area contributed by atoms with E-state index in [4.69, 9.17) is 39.5 Å². The summed E-state index contributed by atoms with van der Waals surface area (Å²) in [5.41, 5.74) is 26.6. The SMILES string of the molecule is N[C@@H]1C[C@H](N)CN(c2nc(Nc3ccc(C(=O)CC(=O)Nc4ccc(Cl)cc4)cc3)nc(N3C[C@H](N)C[C@H](N)C3)n2)C1. The number of nitrogens with two attached hydrogens (primary N) is 4. The lowest BCUT2D eigenvalue weighted by atomic mass is 10.0. The number of nitrogens with zero attached hydrogens (tertiary/aromatic N) is 5. The molecule has 1 amide bonds. The van der Waals surface area contributed by atoms with Crippen LogP contribution in [0.1, 0.15) is 29.6 Å². The lowest BCUT2D eigenvalue weighted by Crippen LogP contribution is -2.54. The fourth-order valence-corrected chi connectivity index (χ4v) is 5.36. The Hall–Kier alpha value is -3.88. The molecule has 3 heterocycles. The summed E-state index contributed by atoms with van der Waals surface area (Å²) in [6.45, 7) is 2.27. The van der Waals surface area contributed by atoms with Crippen LogP contribution in [0.5, 0.6) is 0 Å². The van der Waals surface area contributed by atoms with Gasteiger partial charge < -0.3 is 43.4 Å². The van der Waals surface area contributed by atoms with Gasteiger partial charge in [0.05, 0.1) is 6.42 Å². The van der Waals surface area contributed by atoms with Crippen molar-refractivity contribution in [2.24, 2.45) is 22.9 Å². The summed E-state index contributed by atoms with van der Waals surface area (Å²) in [6, 6.07) is 13.0. The molecule has 4 atom stereocenters. The average molecular weight is 594 g/mol. The molecule has 0 aliphatic carbocycles. The highest BCUT2D eigenvalue weighted by Gasteiger charge is 2.29. The molecule has 2 fully saturated rings. The number of anilines is 5. The van der Waals surface area contributed by atoms with Crippen molar-refractivity contribution in [2.75, 3.05) is 46.6 Å². The van der Waals surface area contributed by atoms with Crippen LogP contribution in [0.3, 0.4) is 0 Å². The van der Waals surface area contributed by atoms with Crippen LogP contribution in [0.15, 0.2) is 48.5 Å². The van der Waals surface area contributed by atoms with E-state index in [1.807, 2.05) is 9.80 Å². The lowest BCUT2D eigenvalue weighted by Gasteiger charge is -2.37. The van der Waals surface area contributed by atoms with Crippen LogP contribution >= 0.6 is 11.6 Å². The number of rotatable bonds is 8. The minimum absolute atomic E-state index is 0.0967. The maximum Gasteiger partial charge on any atom is 0.233 e. The molecule has 13 nitrogen and oxygen atoms in total. The van der Waals surface area contributed by atoms with Gasteiger partial charge in [0.15, 0.2) is 5.78 Å². The Labute approximate surface area is 249 Å². The Bertz CT molecular complexity index is 1340. The van der Waals surface area contributed by atoms with Crippen molar-refractivity contribution >= 4 is 52.5 Å². The van der Waals surface area contributed by atoms with E-state index < -0.39 is 5.91 Å². The summed E-state index contributed by atoms with van der Waals surface area (Å²) in [5, 5.41) is 6.46. The van der Waals surface area contributed by atoms with Crippen molar-refractivity contribution in [3.8, 4) is 0 Å². The number of halogens is 1. The van der Waals surface area contributed by atoms with Crippen molar-refractivity contribution in [2.45, 2.75) is 43.4 Å². The molecular formula is C28H36ClN11O2. The number of amides is 1. The Morgan fingerprint density at radius 3 is 1.71 bits per heavy atom. The zero-order valence-corrected chi connectivity index (χ0v) is 23.9. The number of aromatic nitrogens is 3. The molecule has 222 valence electrons. The third-order valence-corrected chi connectivity index (χ3v) is 7.37. The molecule has 0 unspecified atom stereocenters. The van der Waals surface area contributed by atoms with Gasteiger partial charge in [0.2, 0.25) is 23.8 Å². The average Bonchev–Trinajstić information content (AvgIpc) is 2.93. The number of ketones is 1. The normalized spacial score (nSPS) is 22.5. The van der Waals surface area contributed by atoms with Crippen molar-refractivity contribution in [3.05, 3.63) is 59.1 Å². The van der Waals surface area contributed by atoms with Crippen LogP contribution in [0.2, 0.25) is 5.02 Å². The molecule has 1 aromatic heterocycles. The smallest absolute Gasteiger partial charge is 0.233 e. The van der Waals surface area contributed by atoms with E-state index in [-0.39, 0.29) is 36.4 Å². The molecule has 3 aromatic rings. The summed E-state index contributed by atoms with van der Waals surface area (Å²) in [7, 11) is 0. The summed E-state index contributed by atoms with van der Waals surface area (Å²) in [6.07, 6.45) is 1.16. The van der Waals surface area contributed by atoms with Crippen LogP contribution in [-0.4, -0.2) is 77.0 Å². The zero-order chi connectivity index (χ0) is 29.8. The van der Waals surface area contributed by atoms with E-state index in [1.165, 1.54) is 0 Å². The molecule has 0 radical (unpaired) electrons. The van der Waals surface area contributed by atoms with Crippen molar-refractivity contribution in [1.29, 1.82) is 0 Å². The number of hydrogen-bond acceptors (Lipinski definition) is 12. The summed E-state index contributed by atoms with van der Waals surface area (Å²) < 4.78 is 0. The second-order valence-electron chi connectivity index (χ2n) is 10.9. The summed E-state index contributed by atoms with van der Waals surface area (Å²) in [5.74, 6) is 0.507. The second kappa shape index (κ2) is 13.0. The third kappa shape index (κ3) is 7.69. The van der Waals surface area contributed by atoms with Crippen LogP contribution in [-0.2, 0) is 4.79 Å². The lowest BCUT2D eigenvalue weighted by molar-refractivity contribution is -0.115. The third-order valence-electron chi connectivity index (χ3n) is 7.12. The van der Waals surface area contributed by atoms with E-state index >= 15 is 0 Å². The number of benzene rings is 2. The van der Waals surface area contributed by atoms with Crippen molar-refractivity contribution < 1.29 is 9.59 Å². The van der Waals surface area contributed by atoms with Crippen LogP contribution in [0.25, 0.3) is 0 Å². The predicted molar refractivity (Wildman–Crippen MR) is 164 cm³/mol. The largest absolute Gasteiger partial charge is 0.338 e. The van der Waals surface area contributed by atoms with Crippen LogP contribution in [0, 0.1) is 0 Å². The molecular weight excluding hydrogens is 558 g/mol. The molecule has 10 N–H and O–H groups in total.